The SMILES string of the molecule is CCCN1C(=O)C2CC=C3C(c4ccc5ccccc5c4O)C4=C(CC3C2C1=O)C(=O)C(C)=CC4=O. The van der Waals surface area contributed by atoms with E-state index in [4.69, 9.17) is 0 Å². The highest BCUT2D eigenvalue weighted by Crippen LogP contribution is 2.56. The van der Waals surface area contributed by atoms with E-state index in [0.29, 0.717) is 47.1 Å². The molecular formula is C30H27NO5. The summed E-state index contributed by atoms with van der Waals surface area (Å²) in [4.78, 5) is 54.7. The summed E-state index contributed by atoms with van der Waals surface area (Å²) in [5.74, 6) is -2.71. The first-order valence-corrected chi connectivity index (χ1v) is 12.6. The number of fused-ring (bicyclic) bond motifs is 4. The Morgan fingerprint density at radius 3 is 2.56 bits per heavy atom. The number of carbonyl (C=O) groups excluding carboxylic acids is 4. The van der Waals surface area contributed by atoms with Gasteiger partial charge in [-0.1, -0.05) is 55.0 Å². The third kappa shape index (κ3) is 3.03. The van der Waals surface area contributed by atoms with E-state index >= 15 is 0 Å². The number of imide groups is 1. The van der Waals surface area contributed by atoms with Gasteiger partial charge in [0.15, 0.2) is 11.6 Å². The molecule has 182 valence electrons. The molecule has 1 N–H and O–H groups in total. The van der Waals surface area contributed by atoms with Crippen molar-refractivity contribution in [2.45, 2.75) is 39.0 Å². The predicted molar refractivity (Wildman–Crippen MR) is 134 cm³/mol. The molecule has 0 radical (unpaired) electrons. The maximum atomic E-state index is 13.5. The van der Waals surface area contributed by atoms with Gasteiger partial charge in [-0.3, -0.25) is 24.1 Å². The molecule has 0 saturated carbocycles. The van der Waals surface area contributed by atoms with Crippen LogP contribution in [0.25, 0.3) is 10.8 Å². The highest BCUT2D eigenvalue weighted by atomic mass is 16.3. The van der Waals surface area contributed by atoms with Crippen LogP contribution in [0.4, 0.5) is 0 Å². The van der Waals surface area contributed by atoms with Crippen LogP contribution in [0.5, 0.6) is 5.75 Å². The number of likely N-dealkylation sites (tertiary alicyclic amines) is 1. The number of phenols is 1. The third-order valence-electron chi connectivity index (χ3n) is 8.34. The van der Waals surface area contributed by atoms with Crippen LogP contribution in [0.2, 0.25) is 0 Å². The molecule has 4 unspecified atom stereocenters. The number of allylic oxidation sites excluding steroid dienone is 6. The lowest BCUT2D eigenvalue weighted by atomic mass is 9.59. The van der Waals surface area contributed by atoms with Gasteiger partial charge in [0, 0.05) is 40.1 Å². The van der Waals surface area contributed by atoms with Gasteiger partial charge in [-0.25, -0.2) is 0 Å². The molecule has 4 aliphatic rings. The molecule has 1 saturated heterocycles. The number of hydrogen-bond acceptors (Lipinski definition) is 5. The molecule has 0 spiro atoms. The van der Waals surface area contributed by atoms with E-state index in [-0.39, 0.29) is 41.5 Å². The fourth-order valence-corrected chi connectivity index (χ4v) is 6.75. The van der Waals surface area contributed by atoms with Crippen LogP contribution >= 0.6 is 0 Å². The summed E-state index contributed by atoms with van der Waals surface area (Å²) in [6.07, 6.45) is 4.71. The highest BCUT2D eigenvalue weighted by Gasteiger charge is 2.56. The third-order valence-corrected chi connectivity index (χ3v) is 8.34. The number of rotatable bonds is 3. The first-order valence-electron chi connectivity index (χ1n) is 12.6. The number of carbonyl (C=O) groups is 4. The van der Waals surface area contributed by atoms with Crippen molar-refractivity contribution in [3.63, 3.8) is 0 Å². The second-order valence-corrected chi connectivity index (χ2v) is 10.3. The van der Waals surface area contributed by atoms with Crippen LogP contribution in [0.3, 0.4) is 0 Å². The minimum absolute atomic E-state index is 0.0709. The van der Waals surface area contributed by atoms with Crippen molar-refractivity contribution in [1.82, 2.24) is 4.90 Å². The molecule has 4 atom stereocenters. The Balaban J connectivity index is 1.56. The minimum Gasteiger partial charge on any atom is -0.507 e. The molecule has 6 heteroatoms. The van der Waals surface area contributed by atoms with Crippen LogP contribution in [0, 0.1) is 17.8 Å². The number of hydrogen-bond donors (Lipinski definition) is 1. The van der Waals surface area contributed by atoms with Crippen molar-refractivity contribution >= 4 is 34.2 Å². The number of Topliss-reactive ketones (excluding diaryl/α,β-unsaturated/α-hetero) is 1. The second-order valence-electron chi connectivity index (χ2n) is 10.3. The smallest absolute Gasteiger partial charge is 0.233 e. The number of aromatic hydroxyl groups is 1. The minimum atomic E-state index is -0.645. The van der Waals surface area contributed by atoms with Crippen molar-refractivity contribution in [2.24, 2.45) is 17.8 Å². The summed E-state index contributed by atoms with van der Waals surface area (Å²) in [5, 5.41) is 12.9. The number of phenolic OH excluding ortho intramolecular Hbond substituents is 1. The van der Waals surface area contributed by atoms with Gasteiger partial charge in [-0.2, -0.15) is 0 Å². The zero-order valence-electron chi connectivity index (χ0n) is 20.3. The molecule has 6 rings (SSSR count). The molecule has 0 bridgehead atoms. The lowest BCUT2D eigenvalue weighted by Crippen LogP contribution is -2.39. The maximum Gasteiger partial charge on any atom is 0.233 e. The first kappa shape index (κ1) is 22.7. The van der Waals surface area contributed by atoms with E-state index in [2.05, 4.69) is 0 Å². The average Bonchev–Trinajstić information content (AvgIpc) is 3.12. The van der Waals surface area contributed by atoms with Crippen LogP contribution in [0.1, 0.15) is 44.6 Å². The monoisotopic (exact) mass is 481 g/mol. The molecular weight excluding hydrogens is 454 g/mol. The summed E-state index contributed by atoms with van der Waals surface area (Å²) < 4.78 is 0. The number of amides is 2. The van der Waals surface area contributed by atoms with Crippen LogP contribution in [-0.2, 0) is 19.2 Å². The van der Waals surface area contributed by atoms with Crippen LogP contribution in [0.15, 0.2) is 70.8 Å². The quantitative estimate of drug-likeness (QED) is 0.399. The fraction of sp³-hybridized carbons (Fsp3) is 0.333. The van der Waals surface area contributed by atoms with E-state index < -0.39 is 17.8 Å². The highest BCUT2D eigenvalue weighted by molar-refractivity contribution is 6.24. The van der Waals surface area contributed by atoms with Gasteiger partial charge in [0.1, 0.15) is 5.75 Å². The molecule has 0 aromatic heterocycles. The van der Waals surface area contributed by atoms with E-state index in [1.54, 1.807) is 6.92 Å². The summed E-state index contributed by atoms with van der Waals surface area (Å²) in [6, 6.07) is 11.2. The van der Waals surface area contributed by atoms with E-state index in [0.717, 1.165) is 11.0 Å². The van der Waals surface area contributed by atoms with Crippen LogP contribution < -0.4 is 0 Å². The lowest BCUT2D eigenvalue weighted by Gasteiger charge is -2.42. The zero-order chi connectivity index (χ0) is 25.3. The largest absolute Gasteiger partial charge is 0.507 e. The molecule has 6 nitrogen and oxygen atoms in total. The lowest BCUT2D eigenvalue weighted by molar-refractivity contribution is -0.140. The van der Waals surface area contributed by atoms with Crippen molar-refractivity contribution in [2.75, 3.05) is 6.54 Å². The zero-order valence-corrected chi connectivity index (χ0v) is 20.3. The second kappa shape index (κ2) is 8.12. The average molecular weight is 482 g/mol. The van der Waals surface area contributed by atoms with Gasteiger partial charge in [-0.05, 0) is 43.6 Å². The molecule has 3 aliphatic carbocycles. The van der Waals surface area contributed by atoms with Crippen molar-refractivity contribution < 1.29 is 24.3 Å². The Labute approximate surface area is 209 Å². The van der Waals surface area contributed by atoms with E-state index in [1.165, 1.54) is 11.0 Å². The molecule has 1 fully saturated rings. The summed E-state index contributed by atoms with van der Waals surface area (Å²) in [5.41, 5.74) is 2.58. The van der Waals surface area contributed by atoms with Crippen molar-refractivity contribution in [3.05, 3.63) is 76.4 Å². The Kier molecular flexibility index (Phi) is 5.11. The number of nitrogens with zero attached hydrogens (tertiary/aromatic N) is 1. The van der Waals surface area contributed by atoms with Crippen molar-refractivity contribution in [3.8, 4) is 5.75 Å². The van der Waals surface area contributed by atoms with Gasteiger partial charge in [0.2, 0.25) is 11.8 Å². The predicted octanol–water partition coefficient (Wildman–Crippen LogP) is 4.38. The Bertz CT molecular complexity index is 1480. The Morgan fingerprint density at radius 2 is 1.78 bits per heavy atom. The standard InChI is InChI=1S/C30H27NO5/c1-3-12-31-29(35)20-11-10-18-21(25(20)30(31)36)14-22-26(23(32)13-15(2)27(22)33)24(18)19-9-8-16-6-4-5-7-17(16)28(19)34/h4-10,13,20-21,24-25,34H,3,11-12,14H2,1-2H3. The first-order chi connectivity index (χ1) is 17.3. The molecule has 1 heterocycles. The number of benzene rings is 2. The molecule has 1 aliphatic heterocycles. The molecule has 2 amide bonds. The normalized spacial score (nSPS) is 27.7. The van der Waals surface area contributed by atoms with E-state index in [1.807, 2.05) is 49.4 Å². The molecule has 2 aromatic rings. The van der Waals surface area contributed by atoms with Gasteiger partial charge < -0.3 is 5.11 Å². The van der Waals surface area contributed by atoms with Gasteiger partial charge in [0.05, 0.1) is 11.8 Å². The van der Waals surface area contributed by atoms with Gasteiger partial charge in [0.25, 0.3) is 0 Å². The topological polar surface area (TPSA) is 91.8 Å². The van der Waals surface area contributed by atoms with Gasteiger partial charge >= 0.3 is 0 Å². The number of ketones is 2. The maximum absolute atomic E-state index is 13.5. The summed E-state index contributed by atoms with van der Waals surface area (Å²) in [6.45, 7) is 3.95. The molecule has 36 heavy (non-hydrogen) atoms. The Morgan fingerprint density at radius 1 is 1.00 bits per heavy atom. The van der Waals surface area contributed by atoms with Gasteiger partial charge in [-0.15, -0.1) is 0 Å². The summed E-state index contributed by atoms with van der Waals surface area (Å²) >= 11 is 0. The van der Waals surface area contributed by atoms with Crippen LogP contribution in [-0.4, -0.2) is 39.9 Å². The van der Waals surface area contributed by atoms with Crippen molar-refractivity contribution in [1.29, 1.82) is 0 Å². The summed E-state index contributed by atoms with van der Waals surface area (Å²) in [7, 11) is 0. The Hall–Kier alpha value is -3.80. The van der Waals surface area contributed by atoms with E-state index in [9.17, 15) is 24.3 Å². The molecule has 2 aromatic carbocycles. The fourth-order valence-electron chi connectivity index (χ4n) is 6.75.